The van der Waals surface area contributed by atoms with E-state index in [-0.39, 0.29) is 66.3 Å². The predicted octanol–water partition coefficient (Wildman–Crippen LogP) is 13.3. The summed E-state index contributed by atoms with van der Waals surface area (Å²) in [5.41, 5.74) is 3.09. The van der Waals surface area contributed by atoms with Gasteiger partial charge in [0, 0.05) is 66.3 Å². The third kappa shape index (κ3) is 16.2. The molecule has 3 N–H and O–H groups in total. The Kier molecular flexibility index (Phi) is 23.0. The number of nitrogens with one attached hydrogen (secondary N) is 1. The number of esters is 2. The summed E-state index contributed by atoms with van der Waals surface area (Å²) in [6, 6.07) is 12.8. The second-order valence-electron chi connectivity index (χ2n) is 31.4. The van der Waals surface area contributed by atoms with Gasteiger partial charge in [-0.15, -0.1) is 0 Å². The number of anilines is 1. The lowest BCUT2D eigenvalue weighted by Crippen LogP contribution is -2.58. The first kappa shape index (κ1) is 84.8. The minimum absolute atomic E-state index is 0.0783. The maximum absolute atomic E-state index is 15.6. The number of ketones is 2. The number of carbonyl (C=O) groups excluding carboxylic acids is 4. The maximum Gasteiger partial charge on any atom is 0.340 e. The Labute approximate surface area is 635 Å². The van der Waals surface area contributed by atoms with Crippen LogP contribution in [-0.2, 0) is 77.7 Å². The molecule has 3 aromatic carbocycles. The monoisotopic (exact) mass is 1620 g/mol. The van der Waals surface area contributed by atoms with Crippen LogP contribution < -0.4 is 20.5 Å². The van der Waals surface area contributed by atoms with Crippen molar-refractivity contribution in [2.75, 3.05) is 38.2 Å². The van der Waals surface area contributed by atoms with Crippen molar-refractivity contribution in [1.29, 1.82) is 0 Å². The zero-order valence-corrected chi connectivity index (χ0v) is 65.7. The normalized spacial score (nSPS) is 27.9. The molecule has 9 atom stereocenters. The summed E-state index contributed by atoms with van der Waals surface area (Å²) in [5.74, 6) is -13.4. The number of fused-ring (bicyclic) bond motifs is 8. The van der Waals surface area contributed by atoms with E-state index in [2.05, 4.69) is 52.8 Å². The Morgan fingerprint density at radius 1 is 0.559 bits per heavy atom. The van der Waals surface area contributed by atoms with E-state index in [0.29, 0.717) is 60.4 Å². The molecule has 2 aromatic heterocycles. The van der Waals surface area contributed by atoms with E-state index in [1.165, 1.54) is 42.5 Å². The van der Waals surface area contributed by atoms with Crippen LogP contribution in [0.2, 0.25) is 0 Å². The van der Waals surface area contributed by atoms with Crippen molar-refractivity contribution in [3.8, 4) is 11.8 Å². The lowest BCUT2D eigenvalue weighted by atomic mass is 9.84. The van der Waals surface area contributed by atoms with Crippen molar-refractivity contribution < 1.29 is 99.0 Å². The average Bonchev–Trinajstić information content (AvgIpc) is 1.67. The number of ether oxygens (including phenoxy) is 4. The molecule has 0 saturated heterocycles. The molecule has 23 nitrogen and oxygen atoms in total. The number of Topliss-reactive ketones (excluding diaryl/α,β-unsaturated/α-hetero) is 2. The van der Waals surface area contributed by atoms with Crippen LogP contribution in [0.5, 0.6) is 11.8 Å². The number of hydrogen-bond donors (Lipinski definition) is 2. The number of aliphatic imine (C=N–C) groups is 3. The fraction of sp³-hybridized carbons (Fsp3) is 0.554. The minimum Gasteiger partial charge on any atom is -0.470 e. The number of halogens is 11. The van der Waals surface area contributed by atoms with E-state index in [1.54, 1.807) is 88.3 Å². The smallest absolute Gasteiger partial charge is 0.340 e. The molecule has 0 unspecified atom stereocenters. The van der Waals surface area contributed by atoms with Crippen molar-refractivity contribution in [3.63, 3.8) is 0 Å². The van der Waals surface area contributed by atoms with Crippen molar-refractivity contribution in [1.82, 2.24) is 19.9 Å². The molecule has 0 aliphatic carbocycles. The summed E-state index contributed by atoms with van der Waals surface area (Å²) in [5, 5.41) is 1.45. The topological polar surface area (TPSA) is 320 Å². The highest BCUT2D eigenvalue weighted by Crippen LogP contribution is 2.53. The molecular weight excluding hydrogens is 1540 g/mol. The number of nitrogens with two attached hydrogens (primary N) is 1. The van der Waals surface area contributed by atoms with Gasteiger partial charge in [-0.05, 0) is 170 Å². The molecule has 12 rings (SSSR count). The molecule has 9 heterocycles. The van der Waals surface area contributed by atoms with Gasteiger partial charge in [0.1, 0.15) is 61.6 Å². The van der Waals surface area contributed by atoms with Gasteiger partial charge in [0.05, 0.1) is 92.1 Å². The summed E-state index contributed by atoms with van der Waals surface area (Å²) >= 11 is 0. The molecule has 0 saturated carbocycles. The van der Waals surface area contributed by atoms with E-state index < -0.39 is 178 Å². The number of aromatic nitrogens is 4. The Morgan fingerprint density at radius 3 is 1.39 bits per heavy atom. The summed E-state index contributed by atoms with van der Waals surface area (Å²) in [6.45, 7) is 22.1. The molecule has 111 heavy (non-hydrogen) atoms. The first-order valence-electron chi connectivity index (χ1n) is 35.3. The molecular formula is C74H87F11N12O11S3. The van der Waals surface area contributed by atoms with Gasteiger partial charge in [0.25, 0.3) is 0 Å². The zero-order chi connectivity index (χ0) is 82.2. The van der Waals surface area contributed by atoms with Crippen LogP contribution in [0.1, 0.15) is 178 Å². The van der Waals surface area contributed by atoms with Crippen LogP contribution in [0.25, 0.3) is 0 Å². The fourth-order valence-corrected chi connectivity index (χ4v) is 24.4. The van der Waals surface area contributed by atoms with Gasteiger partial charge in [0.15, 0.2) is 30.5 Å². The first-order valence-corrected chi connectivity index (χ1v) is 40.0. The first-order chi connectivity index (χ1) is 51.2. The number of cyclic esters (lactones) is 1. The molecule has 37 heteroatoms. The van der Waals surface area contributed by atoms with E-state index in [4.69, 9.17) is 25.2 Å². The third-order valence-corrected chi connectivity index (χ3v) is 32.1. The largest absolute Gasteiger partial charge is 0.470 e. The summed E-state index contributed by atoms with van der Waals surface area (Å²) in [7, 11) is -8.70. The highest BCUT2D eigenvalue weighted by molar-refractivity contribution is 7.97. The molecule has 4 bridgehead atoms. The van der Waals surface area contributed by atoms with Crippen LogP contribution in [0.4, 0.5) is 54.0 Å². The van der Waals surface area contributed by atoms with Crippen molar-refractivity contribution in [3.05, 3.63) is 136 Å². The molecule has 0 radical (unpaired) electrons. The number of alkyl halides is 8. The molecule has 5 aromatic rings. The zero-order valence-electron chi connectivity index (χ0n) is 63.3. The van der Waals surface area contributed by atoms with E-state index >= 15 is 13.2 Å². The molecule has 0 amide bonds. The highest BCUT2D eigenvalue weighted by Gasteiger charge is 2.61. The molecule has 0 fully saturated rings. The van der Waals surface area contributed by atoms with Gasteiger partial charge in [0.2, 0.25) is 11.8 Å². The molecule has 0 spiro atoms. The standard InChI is InChI=1S/C30H35F5N4O5S.C24H26F5N5O3S.C20H26FN3O3S/c1-27(2,3)44-25(41)13-22-28(4,5)45(42)23(9-10-38-45)29(6,39-22)18-11-17(7-8-19(18)31)12-21(40)20-14-37-24(15-36-20)43-16-30(34,35)26(32)33;1-22(2)21(30)34-23(3,18-6-7-33-38(18,22)36)14-8-13(4-5-15(14)25)9-17(35)16-10-32-19(11-31-16)37-12-24(28,29)20(26)27;1-18(2)15-11-17(25)27-19(3,4)23-12-6-7-14(21)13(10-12)20(5,24-15)16-8-9-22-28(16,18)26/h7-8,11,14-15,23,26H,9-10,12-13,16H2,1-6H3;4-5,8,10-11,18,20H,6-7,9,12H2,1-3H3,(H2,30,34);6-7,10,16,23H,8-9,11H2,1-5H3/t23-,29+,45+;18-,23+,38+;16-,20+,28+/m000/s1. The van der Waals surface area contributed by atoms with Gasteiger partial charge in [-0.1, -0.05) is 12.1 Å². The number of hydrogen-bond acceptors (Lipinski definition) is 23. The van der Waals surface area contributed by atoms with Crippen LogP contribution in [0.15, 0.2) is 107 Å². The second-order valence-corrected chi connectivity index (χ2v) is 40.4. The number of amidine groups is 1. The van der Waals surface area contributed by atoms with Gasteiger partial charge in [-0.2, -0.15) is 17.6 Å². The van der Waals surface area contributed by atoms with Gasteiger partial charge < -0.3 is 30.0 Å². The number of benzene rings is 3. The fourth-order valence-electron chi connectivity index (χ4n) is 14.7. The van der Waals surface area contributed by atoms with Crippen LogP contribution in [-0.4, -0.2) is 172 Å². The van der Waals surface area contributed by atoms with E-state index in [0.717, 1.165) is 24.8 Å². The number of nitrogens with zero attached hydrogens (tertiary/aromatic N) is 10. The lowest BCUT2D eigenvalue weighted by Gasteiger charge is -2.46. The van der Waals surface area contributed by atoms with E-state index in [1.807, 2.05) is 20.8 Å². The van der Waals surface area contributed by atoms with Crippen LogP contribution in [0, 0.1) is 17.5 Å². The van der Waals surface area contributed by atoms with Crippen LogP contribution in [0.3, 0.4) is 0 Å². The quantitative estimate of drug-likeness (QED) is 0.0468. The second kappa shape index (κ2) is 30.1. The number of carbonyl (C=O) groups is 4. The summed E-state index contributed by atoms with van der Waals surface area (Å²) in [4.78, 5) is 80.7. The highest BCUT2D eigenvalue weighted by atomic mass is 32.2. The SMILES string of the molecule is CC(C)(C)OC(=O)CC1=N[C@](C)(c2cc(CC(=O)c3cnc(OCC(F)(F)C(F)F)cn3)ccc2F)[C@@H]2CCN=[S@]2(=O)C1(C)C.CC1(C)C(N)=N[C@](C)(c2cc(CC(=O)c3cnc(OCC(F)(F)C(F)F)cn3)ccc2F)[C@@H]2CCN=[S@@]21=O.CC1(C)Nc2ccc(F)c(c2)[C@@]2(C)N=C(CC(=O)O1)C(C)(C)[S@@]1(=O)=NCC[C@@H]21. The van der Waals surface area contributed by atoms with Gasteiger partial charge >= 0.3 is 36.6 Å². The van der Waals surface area contributed by atoms with E-state index in [9.17, 15) is 66.9 Å². The summed E-state index contributed by atoms with van der Waals surface area (Å²) in [6.07, 6.45) is -3.68. The minimum atomic E-state index is -4.39. The van der Waals surface area contributed by atoms with Crippen LogP contribution >= 0.6 is 0 Å². The Morgan fingerprint density at radius 2 is 0.964 bits per heavy atom. The predicted molar refractivity (Wildman–Crippen MR) is 393 cm³/mol. The average molecular weight is 1630 g/mol. The Bertz CT molecular complexity index is 5030. The van der Waals surface area contributed by atoms with Crippen molar-refractivity contribution in [2.45, 2.75) is 225 Å². The van der Waals surface area contributed by atoms with Crippen molar-refractivity contribution >= 4 is 75.6 Å². The molecule has 7 aliphatic rings. The van der Waals surface area contributed by atoms with Gasteiger partial charge in [-0.3, -0.25) is 34.2 Å². The van der Waals surface area contributed by atoms with Crippen molar-refractivity contribution in [2.24, 2.45) is 33.8 Å². The third-order valence-electron chi connectivity index (χ3n) is 20.9. The summed E-state index contributed by atoms with van der Waals surface area (Å²) < 4.78 is 220. The lowest BCUT2D eigenvalue weighted by molar-refractivity contribution is -0.154. The maximum atomic E-state index is 15.6. The number of rotatable bonds is 18. The Balaban J connectivity index is 0.000000181. The molecule has 604 valence electrons. The Hall–Kier alpha value is -8.61. The van der Waals surface area contributed by atoms with Gasteiger partial charge in [-0.25, -0.2) is 76.4 Å². The molecule has 7 aliphatic heterocycles.